The summed E-state index contributed by atoms with van der Waals surface area (Å²) in [6.45, 7) is 8.31. The van der Waals surface area contributed by atoms with Crippen molar-refractivity contribution in [3.63, 3.8) is 0 Å². The van der Waals surface area contributed by atoms with Gasteiger partial charge in [-0.1, -0.05) is 188 Å². The van der Waals surface area contributed by atoms with Crippen LogP contribution in [0, 0.1) is 0 Å². The van der Waals surface area contributed by atoms with E-state index in [1.165, 1.54) is 141 Å². The van der Waals surface area contributed by atoms with Crippen molar-refractivity contribution in [1.82, 2.24) is 4.90 Å². The second-order valence-corrected chi connectivity index (χ2v) is 16.1. The first-order valence-electron chi connectivity index (χ1n) is 21.0. The predicted octanol–water partition coefficient (Wildman–Crippen LogP) is 4.55. The molecule has 0 aliphatic carbocycles. The van der Waals surface area contributed by atoms with Gasteiger partial charge in [0.2, 0.25) is 26.7 Å². The van der Waals surface area contributed by atoms with E-state index in [9.17, 15) is 30.7 Å². The molecular formula is C39H78N2Na2O9S2. The van der Waals surface area contributed by atoms with Gasteiger partial charge in [0.25, 0.3) is 0 Å². The molecule has 1 heterocycles. The molecule has 15 heteroatoms. The Morgan fingerprint density at radius 1 is 0.519 bits per heavy atom. The normalized spacial score (nSPS) is 12.3. The van der Waals surface area contributed by atoms with Gasteiger partial charge in [-0.05, 0) is 19.3 Å². The van der Waals surface area contributed by atoms with Crippen LogP contribution < -0.4 is 59.1 Å². The number of aliphatic imine (C=N–C) groups is 1. The zero-order valence-electron chi connectivity index (χ0n) is 35.5. The Morgan fingerprint density at radius 2 is 0.796 bits per heavy atom. The van der Waals surface area contributed by atoms with Gasteiger partial charge in [-0.2, -0.15) is 0 Å². The third kappa shape index (κ3) is 55.0. The van der Waals surface area contributed by atoms with Crippen LogP contribution in [0.1, 0.15) is 213 Å². The van der Waals surface area contributed by atoms with E-state index in [0.717, 1.165) is 45.2 Å². The third-order valence-electron chi connectivity index (χ3n) is 8.96. The number of hydrogen-bond acceptors (Lipinski definition) is 10. The van der Waals surface area contributed by atoms with E-state index in [2.05, 4.69) is 34.1 Å². The van der Waals surface area contributed by atoms with Crippen LogP contribution in [0.25, 0.3) is 0 Å². The second kappa shape index (κ2) is 46.6. The van der Waals surface area contributed by atoms with Crippen LogP contribution in [0.5, 0.6) is 0 Å². The average Bonchev–Trinajstić information content (AvgIpc) is 3.64. The van der Waals surface area contributed by atoms with Crippen LogP contribution in [0.3, 0.4) is 0 Å². The number of amides is 1. The number of unbranched alkanes of at least 4 members (excludes halogenated alkanes) is 26. The molecular weight excluding hydrogens is 751 g/mol. The van der Waals surface area contributed by atoms with Crippen LogP contribution in [-0.4, -0.2) is 69.4 Å². The molecule has 0 aromatic rings. The standard InChI is InChI=1S/C15H28N2O.2C12H26O4S.2Na/c1-2-3-4-5-6-7-8-9-10-11-15(18)17-13-12-16-14-17;2*1-2-3-4-5-6-7-8-9-10-11-12-16-17(13,14)15;;/h14H,2-13H2,1H3;2*2-12H2,1H3,(H,13,14,15);;/q;;;2*+1/p-2. The number of carbonyl (C=O) groups excluding carboxylic acids is 1. The zero-order chi connectivity index (χ0) is 39.0. The molecule has 1 amide bonds. The molecule has 0 atom stereocenters. The van der Waals surface area contributed by atoms with Crippen molar-refractivity contribution in [2.75, 3.05) is 26.3 Å². The molecule has 0 aromatic heterocycles. The Hall–Kier alpha value is 0.880. The largest absolute Gasteiger partial charge is 1.00 e. The van der Waals surface area contributed by atoms with E-state index < -0.39 is 20.8 Å². The van der Waals surface area contributed by atoms with Gasteiger partial charge in [0, 0.05) is 13.0 Å². The summed E-state index contributed by atoms with van der Waals surface area (Å²) in [5.41, 5.74) is 0. The average molecular weight is 829 g/mol. The fourth-order valence-corrected chi connectivity index (χ4v) is 6.44. The van der Waals surface area contributed by atoms with Gasteiger partial charge in [-0.15, -0.1) is 0 Å². The first-order chi connectivity index (χ1) is 25.0. The van der Waals surface area contributed by atoms with Gasteiger partial charge in [-0.3, -0.25) is 18.2 Å². The molecule has 0 radical (unpaired) electrons. The van der Waals surface area contributed by atoms with Gasteiger partial charge in [-0.25, -0.2) is 16.8 Å². The minimum absolute atomic E-state index is 0. The fraction of sp³-hybridized carbons (Fsp3) is 0.949. The molecule has 1 aliphatic rings. The van der Waals surface area contributed by atoms with Crippen molar-refractivity contribution in [2.24, 2.45) is 4.99 Å². The second-order valence-electron chi connectivity index (χ2n) is 14.0. The minimum Gasteiger partial charge on any atom is -0.726 e. The summed E-state index contributed by atoms with van der Waals surface area (Å²) in [5, 5.41) is 0. The molecule has 1 rings (SSSR count). The Morgan fingerprint density at radius 3 is 1.06 bits per heavy atom. The van der Waals surface area contributed by atoms with Crippen LogP contribution in [-0.2, 0) is 34.0 Å². The Bertz CT molecular complexity index is 968. The predicted molar refractivity (Wildman–Crippen MR) is 212 cm³/mol. The first-order valence-corrected chi connectivity index (χ1v) is 23.6. The van der Waals surface area contributed by atoms with Crippen molar-refractivity contribution in [3.8, 4) is 0 Å². The van der Waals surface area contributed by atoms with Crippen molar-refractivity contribution in [1.29, 1.82) is 0 Å². The maximum Gasteiger partial charge on any atom is 1.00 e. The molecule has 54 heavy (non-hydrogen) atoms. The molecule has 1 aliphatic heterocycles. The Balaban J connectivity index is -0.000000341. The van der Waals surface area contributed by atoms with Gasteiger partial charge >= 0.3 is 59.1 Å². The maximum absolute atomic E-state index is 11.7. The summed E-state index contributed by atoms with van der Waals surface area (Å²) in [4.78, 5) is 17.5. The molecule has 0 saturated heterocycles. The van der Waals surface area contributed by atoms with E-state index >= 15 is 0 Å². The van der Waals surface area contributed by atoms with Gasteiger partial charge in [0.05, 0.1) is 26.1 Å². The summed E-state index contributed by atoms with van der Waals surface area (Å²) in [7, 11) is -8.97. The molecule has 0 unspecified atom stereocenters. The number of carbonyl (C=O) groups is 1. The quantitative estimate of drug-likeness (QED) is 0.0392. The number of hydrogen-bond donors (Lipinski definition) is 0. The Labute approximate surface area is 377 Å². The van der Waals surface area contributed by atoms with Gasteiger partial charge in [0.1, 0.15) is 0 Å². The molecule has 0 bridgehead atoms. The number of rotatable bonds is 34. The first kappa shape index (κ1) is 61.5. The van der Waals surface area contributed by atoms with Gasteiger partial charge < -0.3 is 14.0 Å². The molecule has 0 N–H and O–H groups in total. The van der Waals surface area contributed by atoms with Crippen LogP contribution in [0.15, 0.2) is 4.99 Å². The van der Waals surface area contributed by atoms with Crippen molar-refractivity contribution in [3.05, 3.63) is 0 Å². The van der Waals surface area contributed by atoms with Crippen LogP contribution >= 0.6 is 0 Å². The van der Waals surface area contributed by atoms with E-state index in [-0.39, 0.29) is 78.2 Å². The van der Waals surface area contributed by atoms with E-state index in [0.29, 0.717) is 19.3 Å². The summed E-state index contributed by atoms with van der Waals surface area (Å²) in [6, 6.07) is 0. The molecule has 0 fully saturated rings. The molecule has 312 valence electrons. The fourth-order valence-electron chi connectivity index (χ4n) is 5.80. The summed E-state index contributed by atoms with van der Waals surface area (Å²) in [5.74, 6) is 0.249. The van der Waals surface area contributed by atoms with Crippen molar-refractivity contribution < 1.29 is 98.2 Å². The summed E-state index contributed by atoms with van der Waals surface area (Å²) in [6.07, 6.45) is 37.5. The smallest absolute Gasteiger partial charge is 0.726 e. The van der Waals surface area contributed by atoms with Gasteiger partial charge in [0.15, 0.2) is 0 Å². The Kier molecular flexibility index (Phi) is 53.1. The van der Waals surface area contributed by atoms with Crippen LogP contribution in [0.2, 0.25) is 0 Å². The summed E-state index contributed by atoms with van der Waals surface area (Å²) < 4.78 is 68.9. The van der Waals surface area contributed by atoms with E-state index in [1.807, 2.05) is 0 Å². The van der Waals surface area contributed by atoms with Crippen molar-refractivity contribution >= 4 is 33.0 Å². The third-order valence-corrected chi connectivity index (χ3v) is 9.87. The molecule has 0 saturated carbocycles. The van der Waals surface area contributed by atoms with Crippen LogP contribution in [0.4, 0.5) is 0 Å². The molecule has 0 spiro atoms. The zero-order valence-corrected chi connectivity index (χ0v) is 41.1. The molecule has 0 aromatic carbocycles. The SMILES string of the molecule is CCCCCCCCCCCC(=O)N1C=NCC1.CCCCCCCCCCCCOS(=O)(=O)[O-].CCCCCCCCCCCCOS(=O)(=O)[O-].[Na+].[Na+]. The minimum atomic E-state index is -4.48. The topological polar surface area (TPSA) is 166 Å². The monoisotopic (exact) mass is 828 g/mol. The van der Waals surface area contributed by atoms with E-state index in [1.54, 1.807) is 11.2 Å². The molecule has 11 nitrogen and oxygen atoms in total. The number of nitrogens with zero attached hydrogens (tertiary/aromatic N) is 2. The van der Waals surface area contributed by atoms with Crippen molar-refractivity contribution in [2.45, 2.75) is 213 Å². The maximum atomic E-state index is 11.7. The summed E-state index contributed by atoms with van der Waals surface area (Å²) >= 11 is 0. The van der Waals surface area contributed by atoms with E-state index in [4.69, 9.17) is 0 Å².